The third-order valence-electron chi connectivity index (χ3n) is 3.19. The van der Waals surface area contributed by atoms with Crippen molar-refractivity contribution in [2.75, 3.05) is 0 Å². The normalized spacial score (nSPS) is 12.0. The molecule has 0 spiro atoms. The predicted octanol–water partition coefficient (Wildman–Crippen LogP) is 3.01. The molecule has 22 heavy (non-hydrogen) atoms. The second kappa shape index (κ2) is 5.06. The van der Waals surface area contributed by atoms with E-state index in [1.54, 1.807) is 0 Å². The van der Waals surface area contributed by atoms with E-state index in [1.807, 2.05) is 0 Å². The summed E-state index contributed by atoms with van der Waals surface area (Å²) in [6, 6.07) is 4.44. The molecule has 0 aliphatic rings. The van der Waals surface area contributed by atoms with Crippen molar-refractivity contribution in [2.45, 2.75) is 12.7 Å². The van der Waals surface area contributed by atoms with E-state index < -0.39 is 17.7 Å². The van der Waals surface area contributed by atoms with Gasteiger partial charge in [0.25, 0.3) is 0 Å². The maximum atomic E-state index is 13.7. The zero-order valence-corrected chi connectivity index (χ0v) is 11.1. The molecule has 2 aromatic heterocycles. The molecular formula is C14H10F4N4. The lowest BCUT2D eigenvalue weighted by molar-refractivity contribution is -0.137. The van der Waals surface area contributed by atoms with Crippen molar-refractivity contribution in [3.05, 3.63) is 53.9 Å². The van der Waals surface area contributed by atoms with Gasteiger partial charge < -0.3 is 5.73 Å². The molecule has 0 aliphatic heterocycles. The van der Waals surface area contributed by atoms with E-state index in [-0.39, 0.29) is 17.9 Å². The van der Waals surface area contributed by atoms with Crippen LogP contribution in [0, 0.1) is 5.95 Å². The van der Waals surface area contributed by atoms with E-state index in [0.717, 1.165) is 18.3 Å². The Kier molecular flexibility index (Phi) is 3.32. The smallest absolute Gasteiger partial charge is 0.325 e. The topological polar surface area (TPSA) is 56.2 Å². The fourth-order valence-electron chi connectivity index (χ4n) is 2.12. The lowest BCUT2D eigenvalue weighted by Crippen LogP contribution is -2.06. The first-order valence-electron chi connectivity index (χ1n) is 6.30. The van der Waals surface area contributed by atoms with Gasteiger partial charge in [0.2, 0.25) is 5.95 Å². The minimum Gasteiger partial charge on any atom is -0.325 e. The van der Waals surface area contributed by atoms with Crippen LogP contribution in [0.2, 0.25) is 0 Å². The van der Waals surface area contributed by atoms with Crippen molar-refractivity contribution in [3.8, 4) is 11.3 Å². The molecule has 2 N–H and O–H groups in total. The molecule has 0 bridgehead atoms. The largest absolute Gasteiger partial charge is 0.416 e. The molecular weight excluding hydrogens is 300 g/mol. The Morgan fingerprint density at radius 1 is 1.14 bits per heavy atom. The maximum Gasteiger partial charge on any atom is 0.416 e. The molecule has 0 saturated heterocycles. The molecule has 1 aromatic carbocycles. The number of halogens is 4. The zero-order chi connectivity index (χ0) is 15.9. The number of rotatable bonds is 2. The van der Waals surface area contributed by atoms with E-state index in [4.69, 9.17) is 5.73 Å². The summed E-state index contributed by atoms with van der Waals surface area (Å²) in [6.45, 7) is 0.0706. The highest BCUT2D eigenvalue weighted by Crippen LogP contribution is 2.31. The molecule has 0 radical (unpaired) electrons. The van der Waals surface area contributed by atoms with Crippen LogP contribution in [0.3, 0.4) is 0 Å². The van der Waals surface area contributed by atoms with Crippen LogP contribution in [-0.2, 0) is 12.7 Å². The van der Waals surface area contributed by atoms with Crippen LogP contribution in [-0.4, -0.2) is 14.4 Å². The minimum absolute atomic E-state index is 0.0706. The van der Waals surface area contributed by atoms with Crippen LogP contribution in [0.15, 0.2) is 36.7 Å². The van der Waals surface area contributed by atoms with Gasteiger partial charge in [0.05, 0.1) is 17.5 Å². The van der Waals surface area contributed by atoms with Crippen molar-refractivity contribution < 1.29 is 17.6 Å². The lowest BCUT2D eigenvalue weighted by atomic mass is 10.1. The fourth-order valence-corrected chi connectivity index (χ4v) is 2.12. The molecule has 0 aliphatic carbocycles. The average Bonchev–Trinajstić information content (AvgIpc) is 2.87. The van der Waals surface area contributed by atoms with Crippen LogP contribution >= 0.6 is 0 Å². The molecule has 3 rings (SSSR count). The van der Waals surface area contributed by atoms with Gasteiger partial charge in [-0.2, -0.15) is 17.6 Å². The summed E-state index contributed by atoms with van der Waals surface area (Å²) in [5, 5.41) is 0. The highest BCUT2D eigenvalue weighted by molar-refractivity contribution is 5.74. The first kappa shape index (κ1) is 14.5. The fraction of sp³-hybridized carbons (Fsp3) is 0.143. The van der Waals surface area contributed by atoms with Crippen molar-refractivity contribution in [2.24, 2.45) is 5.73 Å². The Bertz CT molecular complexity index is 821. The number of nitrogens with zero attached hydrogens (tertiary/aromatic N) is 3. The average molecular weight is 310 g/mol. The maximum absolute atomic E-state index is 13.7. The number of alkyl halides is 3. The molecule has 0 saturated carbocycles. The number of aromatic nitrogens is 3. The Balaban J connectivity index is 2.17. The van der Waals surface area contributed by atoms with Crippen molar-refractivity contribution in [3.63, 3.8) is 0 Å². The van der Waals surface area contributed by atoms with Gasteiger partial charge in [-0.05, 0) is 12.1 Å². The van der Waals surface area contributed by atoms with Gasteiger partial charge in [-0.1, -0.05) is 12.1 Å². The van der Waals surface area contributed by atoms with E-state index in [0.29, 0.717) is 11.3 Å². The number of hydrogen-bond donors (Lipinski definition) is 1. The van der Waals surface area contributed by atoms with Crippen LogP contribution in [0.5, 0.6) is 0 Å². The summed E-state index contributed by atoms with van der Waals surface area (Å²) >= 11 is 0. The standard InChI is InChI=1S/C14H10F4N4/c15-11-6-20-13-12(21-10(5-19)7-22(11)13)8-1-3-9(4-2-8)14(16,17)18/h1-4,6-7H,5,19H2. The van der Waals surface area contributed by atoms with Gasteiger partial charge in [0.15, 0.2) is 5.65 Å². The van der Waals surface area contributed by atoms with Crippen LogP contribution in [0.25, 0.3) is 16.9 Å². The summed E-state index contributed by atoms with van der Waals surface area (Å²) in [4.78, 5) is 8.14. The second-order valence-electron chi connectivity index (χ2n) is 4.63. The molecule has 0 unspecified atom stereocenters. The van der Waals surface area contributed by atoms with E-state index in [1.165, 1.54) is 22.7 Å². The first-order valence-corrected chi connectivity index (χ1v) is 6.30. The van der Waals surface area contributed by atoms with Gasteiger partial charge in [0.1, 0.15) is 5.69 Å². The molecule has 3 aromatic rings. The highest BCUT2D eigenvalue weighted by atomic mass is 19.4. The van der Waals surface area contributed by atoms with Crippen LogP contribution in [0.1, 0.15) is 11.3 Å². The van der Waals surface area contributed by atoms with Crippen molar-refractivity contribution in [1.29, 1.82) is 0 Å². The first-order chi connectivity index (χ1) is 10.4. The SMILES string of the molecule is NCc1cn2c(F)cnc2c(-c2ccc(C(F)(F)F)cc2)n1. The van der Waals surface area contributed by atoms with Gasteiger partial charge in [-0.3, -0.25) is 4.40 Å². The van der Waals surface area contributed by atoms with E-state index >= 15 is 0 Å². The van der Waals surface area contributed by atoms with Gasteiger partial charge in [-0.15, -0.1) is 0 Å². The summed E-state index contributed by atoms with van der Waals surface area (Å²) in [7, 11) is 0. The lowest BCUT2D eigenvalue weighted by Gasteiger charge is -2.09. The summed E-state index contributed by atoms with van der Waals surface area (Å²) in [5.74, 6) is -0.597. The minimum atomic E-state index is -4.42. The Labute approximate surface area is 122 Å². The summed E-state index contributed by atoms with van der Waals surface area (Å²) in [6.07, 6.45) is -1.99. The van der Waals surface area contributed by atoms with Gasteiger partial charge in [0, 0.05) is 18.3 Å². The van der Waals surface area contributed by atoms with Crippen LogP contribution in [0.4, 0.5) is 17.6 Å². The molecule has 0 fully saturated rings. The van der Waals surface area contributed by atoms with Crippen LogP contribution < -0.4 is 5.73 Å². The zero-order valence-electron chi connectivity index (χ0n) is 11.1. The number of imidazole rings is 1. The summed E-state index contributed by atoms with van der Waals surface area (Å²) in [5.41, 5.74) is 6.05. The molecule has 4 nitrogen and oxygen atoms in total. The Morgan fingerprint density at radius 2 is 1.82 bits per heavy atom. The molecule has 8 heteroatoms. The quantitative estimate of drug-likeness (QED) is 0.740. The van der Waals surface area contributed by atoms with Crippen molar-refractivity contribution in [1.82, 2.24) is 14.4 Å². The summed E-state index contributed by atoms with van der Waals surface area (Å²) < 4.78 is 52.6. The molecule has 0 atom stereocenters. The number of hydrogen-bond acceptors (Lipinski definition) is 3. The molecule has 2 heterocycles. The monoisotopic (exact) mass is 310 g/mol. The number of nitrogens with two attached hydrogens (primary N) is 1. The van der Waals surface area contributed by atoms with Crippen molar-refractivity contribution >= 4 is 5.65 Å². The van der Waals surface area contributed by atoms with E-state index in [9.17, 15) is 17.6 Å². The second-order valence-corrected chi connectivity index (χ2v) is 4.63. The molecule has 0 amide bonds. The van der Waals surface area contributed by atoms with Gasteiger partial charge in [-0.25, -0.2) is 9.97 Å². The highest BCUT2D eigenvalue weighted by Gasteiger charge is 2.30. The van der Waals surface area contributed by atoms with E-state index in [2.05, 4.69) is 9.97 Å². The third-order valence-corrected chi connectivity index (χ3v) is 3.19. The third kappa shape index (κ3) is 2.41. The number of benzene rings is 1. The Morgan fingerprint density at radius 3 is 2.41 bits per heavy atom. The molecule has 114 valence electrons. The number of fused-ring (bicyclic) bond motifs is 1. The predicted molar refractivity (Wildman–Crippen MR) is 71.3 cm³/mol. The Hall–Kier alpha value is -2.48. The van der Waals surface area contributed by atoms with Gasteiger partial charge >= 0.3 is 6.18 Å².